The maximum absolute atomic E-state index is 13.2. The van der Waals surface area contributed by atoms with E-state index in [2.05, 4.69) is 9.88 Å². The molecule has 3 aromatic rings. The number of likely N-dealkylation sites (tertiary alicyclic amines) is 1. The minimum absolute atomic E-state index is 0.0676. The third kappa shape index (κ3) is 5.58. The molecule has 1 aliphatic rings. The lowest BCUT2D eigenvalue weighted by Gasteiger charge is -2.39. The molecule has 1 aromatic heterocycles. The Bertz CT molecular complexity index is 1060. The first kappa shape index (κ1) is 23.4. The van der Waals surface area contributed by atoms with E-state index in [4.69, 9.17) is 9.15 Å². The molecule has 176 valence electrons. The molecule has 0 aliphatic carbocycles. The fourth-order valence-corrected chi connectivity index (χ4v) is 4.24. The lowest BCUT2D eigenvalue weighted by Crippen LogP contribution is -2.47. The van der Waals surface area contributed by atoms with E-state index >= 15 is 0 Å². The van der Waals surface area contributed by atoms with E-state index in [-0.39, 0.29) is 18.3 Å². The van der Waals surface area contributed by atoms with Gasteiger partial charge in [-0.3, -0.25) is 4.90 Å². The van der Waals surface area contributed by atoms with E-state index in [1.807, 2.05) is 30.3 Å². The number of nitrogens with zero attached hydrogens (tertiary/aromatic N) is 2. The third-order valence-corrected chi connectivity index (χ3v) is 6.19. The van der Waals surface area contributed by atoms with Crippen molar-refractivity contribution in [3.05, 3.63) is 60.3 Å². The summed E-state index contributed by atoms with van der Waals surface area (Å²) in [7, 11) is 0. The molecule has 1 saturated heterocycles. The van der Waals surface area contributed by atoms with E-state index in [1.54, 1.807) is 25.3 Å². The zero-order chi connectivity index (χ0) is 23.4. The van der Waals surface area contributed by atoms with Gasteiger partial charge < -0.3 is 19.4 Å². The van der Waals surface area contributed by atoms with Crippen molar-refractivity contribution in [2.75, 3.05) is 19.7 Å². The van der Waals surface area contributed by atoms with Crippen molar-refractivity contribution in [2.24, 2.45) is 5.92 Å². The molecule has 2 atom stereocenters. The van der Waals surface area contributed by atoms with Gasteiger partial charge in [-0.25, -0.2) is 4.98 Å². The normalized spacial score (nSPS) is 18.9. The van der Waals surface area contributed by atoms with Crippen molar-refractivity contribution in [1.29, 1.82) is 0 Å². The molecule has 2 heterocycles. The molecule has 33 heavy (non-hydrogen) atoms. The Morgan fingerprint density at radius 3 is 2.73 bits per heavy atom. The second-order valence-corrected chi connectivity index (χ2v) is 8.69. The number of aromatic nitrogens is 1. The molecular formula is C25H28F2N2O4. The molecule has 0 saturated carbocycles. The van der Waals surface area contributed by atoms with Crippen LogP contribution in [0, 0.1) is 5.92 Å². The van der Waals surface area contributed by atoms with Crippen LogP contribution >= 0.6 is 0 Å². The Balaban J connectivity index is 1.55. The molecule has 0 bridgehead atoms. The summed E-state index contributed by atoms with van der Waals surface area (Å²) in [5.74, 6) is 0.870. The first-order valence-corrected chi connectivity index (χ1v) is 11.0. The number of rotatable bonds is 8. The number of oxazole rings is 1. The fourth-order valence-electron chi connectivity index (χ4n) is 4.24. The Labute approximate surface area is 191 Å². The Morgan fingerprint density at radius 2 is 2.00 bits per heavy atom. The lowest BCUT2D eigenvalue weighted by molar-refractivity contribution is -0.0702. The van der Waals surface area contributed by atoms with E-state index in [0.717, 1.165) is 24.9 Å². The van der Waals surface area contributed by atoms with E-state index < -0.39 is 12.2 Å². The average Bonchev–Trinajstić information content (AvgIpc) is 3.31. The quantitative estimate of drug-likeness (QED) is 0.515. The van der Waals surface area contributed by atoms with Gasteiger partial charge in [0.1, 0.15) is 5.75 Å². The SMILES string of the molecule is C[C@@](O)(CO)[C@H]1CCCN(Cc2ccc(-c3ncc(-c4ccccc4)o3)cc2OC(F)F)C1. The van der Waals surface area contributed by atoms with Crippen LogP contribution in [-0.2, 0) is 6.54 Å². The molecule has 0 unspecified atom stereocenters. The number of ether oxygens (including phenoxy) is 1. The summed E-state index contributed by atoms with van der Waals surface area (Å²) in [6.07, 6.45) is 3.26. The number of aliphatic hydroxyl groups is 2. The number of hydrogen-bond acceptors (Lipinski definition) is 6. The number of benzene rings is 2. The van der Waals surface area contributed by atoms with Gasteiger partial charge in [0, 0.05) is 35.7 Å². The smallest absolute Gasteiger partial charge is 0.387 e. The molecule has 1 fully saturated rings. The Kier molecular flexibility index (Phi) is 7.07. The number of piperidine rings is 1. The molecule has 0 amide bonds. The van der Waals surface area contributed by atoms with Crippen molar-refractivity contribution >= 4 is 0 Å². The predicted molar refractivity (Wildman–Crippen MR) is 120 cm³/mol. The van der Waals surface area contributed by atoms with Gasteiger partial charge in [-0.2, -0.15) is 8.78 Å². The van der Waals surface area contributed by atoms with Crippen LogP contribution < -0.4 is 4.74 Å². The second kappa shape index (κ2) is 9.99. The van der Waals surface area contributed by atoms with Gasteiger partial charge in [-0.15, -0.1) is 0 Å². The average molecular weight is 459 g/mol. The van der Waals surface area contributed by atoms with E-state index in [9.17, 15) is 19.0 Å². The molecule has 2 N–H and O–H groups in total. The zero-order valence-corrected chi connectivity index (χ0v) is 18.5. The van der Waals surface area contributed by atoms with Crippen LogP contribution in [0.5, 0.6) is 5.75 Å². The van der Waals surface area contributed by atoms with Crippen LogP contribution in [0.25, 0.3) is 22.8 Å². The summed E-state index contributed by atoms with van der Waals surface area (Å²) in [5, 5.41) is 19.9. The van der Waals surface area contributed by atoms with E-state index in [0.29, 0.717) is 35.9 Å². The first-order chi connectivity index (χ1) is 15.9. The third-order valence-electron chi connectivity index (χ3n) is 6.19. The highest BCUT2D eigenvalue weighted by atomic mass is 19.3. The molecule has 4 rings (SSSR count). The minimum atomic E-state index is -2.97. The highest BCUT2D eigenvalue weighted by Crippen LogP contribution is 2.33. The van der Waals surface area contributed by atoms with Crippen LogP contribution in [-0.4, -0.2) is 52.0 Å². The standard InChI is InChI=1S/C25H28F2N2O4/c1-25(31,16-30)20-8-5-11-29(15-20)14-19-10-9-18(12-21(19)33-24(26)27)23-28-13-22(32-23)17-6-3-2-4-7-17/h2-4,6-7,9-10,12-13,20,24,30-31H,5,8,11,14-16H2,1H3/t20-,25+/m0/s1. The lowest BCUT2D eigenvalue weighted by atomic mass is 9.83. The van der Waals surface area contributed by atoms with Crippen molar-refractivity contribution in [1.82, 2.24) is 9.88 Å². The maximum Gasteiger partial charge on any atom is 0.387 e. The molecular weight excluding hydrogens is 430 g/mol. The van der Waals surface area contributed by atoms with Crippen LogP contribution in [0.4, 0.5) is 8.78 Å². The molecule has 8 heteroatoms. The van der Waals surface area contributed by atoms with E-state index in [1.165, 1.54) is 6.07 Å². The number of hydrogen-bond donors (Lipinski definition) is 2. The number of halogens is 2. The summed E-state index contributed by atoms with van der Waals surface area (Å²) in [5.41, 5.74) is 0.844. The zero-order valence-electron chi connectivity index (χ0n) is 18.5. The summed E-state index contributed by atoms with van der Waals surface area (Å²) < 4.78 is 37.0. The van der Waals surface area contributed by atoms with Crippen molar-refractivity contribution in [3.63, 3.8) is 0 Å². The maximum atomic E-state index is 13.2. The molecule has 6 nitrogen and oxygen atoms in total. The molecule has 2 aromatic carbocycles. The van der Waals surface area contributed by atoms with Gasteiger partial charge in [-0.1, -0.05) is 36.4 Å². The Hall–Kier alpha value is -2.81. The van der Waals surface area contributed by atoms with Gasteiger partial charge in [-0.05, 0) is 38.4 Å². The monoisotopic (exact) mass is 458 g/mol. The summed E-state index contributed by atoms with van der Waals surface area (Å²) >= 11 is 0. The van der Waals surface area contributed by atoms with Crippen LogP contribution in [0.15, 0.2) is 59.1 Å². The van der Waals surface area contributed by atoms with Gasteiger partial charge in [0.05, 0.1) is 18.4 Å². The molecule has 0 spiro atoms. The summed E-state index contributed by atoms with van der Waals surface area (Å²) in [6, 6.07) is 14.5. The van der Waals surface area contributed by atoms with Crippen LogP contribution in [0.1, 0.15) is 25.3 Å². The minimum Gasteiger partial charge on any atom is -0.436 e. The topological polar surface area (TPSA) is 79.0 Å². The van der Waals surface area contributed by atoms with Gasteiger partial charge >= 0.3 is 6.61 Å². The molecule has 0 radical (unpaired) electrons. The van der Waals surface area contributed by atoms with Crippen LogP contribution in [0.3, 0.4) is 0 Å². The van der Waals surface area contributed by atoms with Crippen molar-refractivity contribution < 1.29 is 28.1 Å². The number of aliphatic hydroxyl groups excluding tert-OH is 1. The predicted octanol–water partition coefficient (Wildman–Crippen LogP) is 4.57. The Morgan fingerprint density at radius 1 is 1.21 bits per heavy atom. The highest BCUT2D eigenvalue weighted by molar-refractivity contribution is 5.62. The van der Waals surface area contributed by atoms with Crippen LogP contribution in [0.2, 0.25) is 0 Å². The van der Waals surface area contributed by atoms with Crippen molar-refractivity contribution in [3.8, 4) is 28.5 Å². The molecule has 1 aliphatic heterocycles. The highest BCUT2D eigenvalue weighted by Gasteiger charge is 2.34. The second-order valence-electron chi connectivity index (χ2n) is 8.69. The fraction of sp³-hybridized carbons (Fsp3) is 0.400. The van der Waals surface area contributed by atoms with Gasteiger partial charge in [0.2, 0.25) is 5.89 Å². The van der Waals surface area contributed by atoms with Gasteiger partial charge in [0.15, 0.2) is 5.76 Å². The summed E-state index contributed by atoms with van der Waals surface area (Å²) in [6.45, 7) is 0.0639. The largest absolute Gasteiger partial charge is 0.436 e. The van der Waals surface area contributed by atoms with Crippen molar-refractivity contribution in [2.45, 2.75) is 38.5 Å². The number of alkyl halides is 2. The summed E-state index contributed by atoms with van der Waals surface area (Å²) in [4.78, 5) is 6.39. The van der Waals surface area contributed by atoms with Gasteiger partial charge in [0.25, 0.3) is 0 Å². The first-order valence-electron chi connectivity index (χ1n) is 11.0.